The van der Waals surface area contributed by atoms with Crippen LogP contribution in [0, 0.1) is 0 Å². The molecule has 0 aliphatic heterocycles. The molecule has 0 amide bonds. The summed E-state index contributed by atoms with van der Waals surface area (Å²) in [6.45, 7) is 0. The van der Waals surface area contributed by atoms with Crippen LogP contribution in [-0.4, -0.2) is 13.4 Å². The molecule has 3 rings (SSSR count). The Morgan fingerprint density at radius 2 is 1.71 bits per heavy atom. The van der Waals surface area contributed by atoms with Gasteiger partial charge in [-0.1, -0.05) is 36.4 Å². The van der Waals surface area contributed by atoms with E-state index in [9.17, 15) is 8.42 Å². The first-order valence-corrected chi connectivity index (χ1v) is 7.73. The molecule has 0 aliphatic carbocycles. The zero-order valence-electron chi connectivity index (χ0n) is 10.9. The molecule has 2 aromatic carbocycles. The van der Waals surface area contributed by atoms with Crippen LogP contribution < -0.4 is 9.88 Å². The average Bonchev–Trinajstić information content (AvgIpc) is 2.47. The highest BCUT2D eigenvalue weighted by Crippen LogP contribution is 2.28. The highest BCUT2D eigenvalue weighted by molar-refractivity contribution is 7.89. The van der Waals surface area contributed by atoms with Crippen molar-refractivity contribution in [3.63, 3.8) is 0 Å². The summed E-state index contributed by atoms with van der Waals surface area (Å²) < 4.78 is 28.1. The monoisotopic (exact) mass is 300 g/mol. The number of nitrogens with two attached hydrogens (primary N) is 1. The van der Waals surface area contributed by atoms with E-state index >= 15 is 0 Å². The molecular weight excluding hydrogens is 288 g/mol. The zero-order chi connectivity index (χ0) is 14.9. The minimum absolute atomic E-state index is 0.0484. The van der Waals surface area contributed by atoms with Gasteiger partial charge in [0.15, 0.2) is 0 Å². The molecule has 0 fully saturated rings. The first-order valence-electron chi connectivity index (χ1n) is 6.18. The summed E-state index contributed by atoms with van der Waals surface area (Å²) in [5.74, 6) is 0.961. The normalized spacial score (nSPS) is 11.5. The number of nitrogens with zero attached hydrogens (tertiary/aromatic N) is 1. The molecule has 5 nitrogen and oxygen atoms in total. The van der Waals surface area contributed by atoms with E-state index in [1.165, 1.54) is 18.3 Å². The van der Waals surface area contributed by atoms with Gasteiger partial charge < -0.3 is 4.74 Å². The number of fused-ring (bicyclic) bond motifs is 1. The molecule has 21 heavy (non-hydrogen) atoms. The fourth-order valence-electron chi connectivity index (χ4n) is 1.99. The Kier molecular flexibility index (Phi) is 3.32. The molecule has 0 aliphatic rings. The summed E-state index contributed by atoms with van der Waals surface area (Å²) in [6, 6.07) is 16.3. The summed E-state index contributed by atoms with van der Waals surface area (Å²) in [4.78, 5) is 3.92. The fourth-order valence-corrected chi connectivity index (χ4v) is 2.45. The second-order valence-electron chi connectivity index (χ2n) is 4.46. The molecule has 1 aromatic heterocycles. The predicted octanol–water partition coefficient (Wildman–Crippen LogP) is 2.67. The number of benzene rings is 2. The first kappa shape index (κ1) is 13.5. The quantitative estimate of drug-likeness (QED) is 0.806. The number of hydrogen-bond donors (Lipinski definition) is 1. The van der Waals surface area contributed by atoms with E-state index in [1.807, 2.05) is 42.5 Å². The number of ether oxygens (including phenoxy) is 1. The summed E-state index contributed by atoms with van der Waals surface area (Å²) in [7, 11) is -3.75. The molecule has 0 saturated carbocycles. The minimum Gasteiger partial charge on any atom is -0.438 e. The lowest BCUT2D eigenvalue weighted by atomic mass is 10.1. The Labute approximate surface area is 122 Å². The van der Waals surface area contributed by atoms with Gasteiger partial charge in [0, 0.05) is 11.5 Å². The Hall–Kier alpha value is -2.44. The number of aromatic nitrogens is 1. The zero-order valence-corrected chi connectivity index (χ0v) is 11.7. The molecule has 1 heterocycles. The SMILES string of the molecule is NS(=O)(=O)c1ccc(Oc2cccc3ccccc23)nc1. The number of pyridine rings is 1. The Balaban J connectivity index is 1.96. The summed E-state index contributed by atoms with van der Waals surface area (Å²) in [5.41, 5.74) is 0. The van der Waals surface area contributed by atoms with Gasteiger partial charge in [-0.05, 0) is 17.5 Å². The molecular formula is C15H12N2O3S. The van der Waals surface area contributed by atoms with Gasteiger partial charge in [0.2, 0.25) is 15.9 Å². The maximum Gasteiger partial charge on any atom is 0.239 e. The first-order chi connectivity index (χ1) is 10.0. The van der Waals surface area contributed by atoms with Crippen LogP contribution in [0.3, 0.4) is 0 Å². The van der Waals surface area contributed by atoms with E-state index in [1.54, 1.807) is 0 Å². The van der Waals surface area contributed by atoms with E-state index in [0.29, 0.717) is 11.6 Å². The van der Waals surface area contributed by atoms with Crippen molar-refractivity contribution in [2.45, 2.75) is 4.90 Å². The van der Waals surface area contributed by atoms with E-state index in [0.717, 1.165) is 10.8 Å². The number of sulfonamides is 1. The maximum absolute atomic E-state index is 11.2. The van der Waals surface area contributed by atoms with E-state index in [2.05, 4.69) is 4.98 Å². The van der Waals surface area contributed by atoms with Gasteiger partial charge in [-0.25, -0.2) is 18.5 Å². The number of rotatable bonds is 3. The molecule has 0 bridgehead atoms. The molecule has 0 spiro atoms. The Bertz CT molecular complexity index is 885. The molecule has 0 unspecified atom stereocenters. The summed E-state index contributed by atoms with van der Waals surface area (Å²) >= 11 is 0. The van der Waals surface area contributed by atoms with Crippen LogP contribution in [0.4, 0.5) is 0 Å². The second-order valence-corrected chi connectivity index (χ2v) is 6.02. The van der Waals surface area contributed by atoms with Crippen LogP contribution in [0.15, 0.2) is 65.7 Å². The topological polar surface area (TPSA) is 82.3 Å². The van der Waals surface area contributed by atoms with Crippen molar-refractivity contribution in [3.8, 4) is 11.6 Å². The van der Waals surface area contributed by atoms with Crippen molar-refractivity contribution in [1.29, 1.82) is 0 Å². The highest BCUT2D eigenvalue weighted by atomic mass is 32.2. The van der Waals surface area contributed by atoms with E-state index in [4.69, 9.17) is 9.88 Å². The van der Waals surface area contributed by atoms with Crippen LogP contribution in [0.25, 0.3) is 10.8 Å². The largest absolute Gasteiger partial charge is 0.438 e. The molecule has 106 valence electrons. The lowest BCUT2D eigenvalue weighted by Gasteiger charge is -2.08. The van der Waals surface area contributed by atoms with Crippen LogP contribution in [0.2, 0.25) is 0 Å². The van der Waals surface area contributed by atoms with Crippen molar-refractivity contribution in [3.05, 3.63) is 60.8 Å². The van der Waals surface area contributed by atoms with Gasteiger partial charge in [0.1, 0.15) is 10.6 Å². The predicted molar refractivity (Wildman–Crippen MR) is 79.6 cm³/mol. The number of primary sulfonamides is 1. The molecule has 6 heteroatoms. The minimum atomic E-state index is -3.75. The van der Waals surface area contributed by atoms with Crippen LogP contribution >= 0.6 is 0 Å². The number of hydrogen-bond acceptors (Lipinski definition) is 4. The van der Waals surface area contributed by atoms with Crippen molar-refractivity contribution in [2.75, 3.05) is 0 Å². The Morgan fingerprint density at radius 3 is 2.43 bits per heavy atom. The standard InChI is InChI=1S/C15H12N2O3S/c16-21(18,19)12-8-9-15(17-10-12)20-14-7-3-5-11-4-1-2-6-13(11)14/h1-10H,(H2,16,18,19). The average molecular weight is 300 g/mol. The smallest absolute Gasteiger partial charge is 0.239 e. The van der Waals surface area contributed by atoms with E-state index < -0.39 is 10.0 Å². The summed E-state index contributed by atoms with van der Waals surface area (Å²) in [5, 5.41) is 7.03. The molecule has 3 aromatic rings. The van der Waals surface area contributed by atoms with Gasteiger partial charge in [0.05, 0.1) is 6.20 Å². The lowest BCUT2D eigenvalue weighted by molar-refractivity contribution is 0.467. The van der Waals surface area contributed by atoms with Crippen molar-refractivity contribution in [2.24, 2.45) is 5.14 Å². The third kappa shape index (κ3) is 2.86. The lowest BCUT2D eigenvalue weighted by Crippen LogP contribution is -2.12. The van der Waals surface area contributed by atoms with Gasteiger partial charge in [-0.3, -0.25) is 0 Å². The molecule has 0 saturated heterocycles. The van der Waals surface area contributed by atoms with Gasteiger partial charge >= 0.3 is 0 Å². The van der Waals surface area contributed by atoms with Gasteiger partial charge in [-0.15, -0.1) is 0 Å². The van der Waals surface area contributed by atoms with Crippen LogP contribution in [0.1, 0.15) is 0 Å². The highest BCUT2D eigenvalue weighted by Gasteiger charge is 2.09. The van der Waals surface area contributed by atoms with Gasteiger partial charge in [0.25, 0.3) is 0 Å². The van der Waals surface area contributed by atoms with Crippen molar-refractivity contribution < 1.29 is 13.2 Å². The Morgan fingerprint density at radius 1 is 0.952 bits per heavy atom. The molecule has 0 atom stereocenters. The third-order valence-corrected chi connectivity index (χ3v) is 3.90. The van der Waals surface area contributed by atoms with Crippen LogP contribution in [-0.2, 0) is 10.0 Å². The second kappa shape index (κ2) is 5.16. The molecule has 2 N–H and O–H groups in total. The maximum atomic E-state index is 11.2. The van der Waals surface area contributed by atoms with Gasteiger partial charge in [-0.2, -0.15) is 0 Å². The van der Waals surface area contributed by atoms with Crippen molar-refractivity contribution in [1.82, 2.24) is 4.98 Å². The summed E-state index contributed by atoms with van der Waals surface area (Å²) in [6.07, 6.45) is 1.18. The molecule has 0 radical (unpaired) electrons. The third-order valence-electron chi connectivity index (χ3n) is 3.00. The fraction of sp³-hybridized carbons (Fsp3) is 0. The van der Waals surface area contributed by atoms with E-state index in [-0.39, 0.29) is 4.90 Å². The van der Waals surface area contributed by atoms with Crippen molar-refractivity contribution >= 4 is 20.8 Å². The van der Waals surface area contributed by atoms with Crippen LogP contribution in [0.5, 0.6) is 11.6 Å².